The highest BCUT2D eigenvalue weighted by Crippen LogP contribution is 2.30. The van der Waals surface area contributed by atoms with E-state index in [1.807, 2.05) is 38.4 Å². The summed E-state index contributed by atoms with van der Waals surface area (Å²) in [4.78, 5) is 6.78. The molecule has 2 aromatic rings. The molecule has 2 heterocycles. The van der Waals surface area contributed by atoms with E-state index in [1.54, 1.807) is 0 Å². The lowest BCUT2D eigenvalue weighted by molar-refractivity contribution is 0.153. The van der Waals surface area contributed by atoms with Crippen molar-refractivity contribution in [1.82, 2.24) is 15.2 Å². The molecule has 3 rings (SSSR count). The topological polar surface area (TPSA) is 46.6 Å². The van der Waals surface area contributed by atoms with Gasteiger partial charge in [0, 0.05) is 44.6 Å². The number of nitrogens with zero attached hydrogens (tertiary/aromatic N) is 2. The molecule has 1 aromatic heterocycles. The number of piperazine rings is 1. The van der Waals surface area contributed by atoms with Crippen LogP contribution in [0, 0.1) is 0 Å². The SMILES string of the molecule is CCOc1ccc(CN2CCNCC2c2cccnc2)cc1OCC. The highest BCUT2D eigenvalue weighted by atomic mass is 16.5. The maximum Gasteiger partial charge on any atom is 0.161 e. The maximum atomic E-state index is 5.76. The van der Waals surface area contributed by atoms with Crippen LogP contribution < -0.4 is 14.8 Å². The average molecular weight is 341 g/mol. The molecule has 0 saturated carbocycles. The van der Waals surface area contributed by atoms with Crippen LogP contribution in [0.1, 0.15) is 31.0 Å². The van der Waals surface area contributed by atoms with E-state index in [2.05, 4.69) is 33.4 Å². The Kier molecular flexibility index (Phi) is 6.25. The van der Waals surface area contributed by atoms with Crippen molar-refractivity contribution in [2.75, 3.05) is 32.8 Å². The Balaban J connectivity index is 1.78. The van der Waals surface area contributed by atoms with Crippen LogP contribution in [0.15, 0.2) is 42.7 Å². The van der Waals surface area contributed by atoms with Gasteiger partial charge in [0.15, 0.2) is 11.5 Å². The molecule has 5 heteroatoms. The van der Waals surface area contributed by atoms with Crippen molar-refractivity contribution in [1.29, 1.82) is 0 Å². The lowest BCUT2D eigenvalue weighted by Crippen LogP contribution is -2.45. The second kappa shape index (κ2) is 8.83. The lowest BCUT2D eigenvalue weighted by Gasteiger charge is -2.36. The number of ether oxygens (including phenoxy) is 2. The molecule has 1 aromatic carbocycles. The summed E-state index contributed by atoms with van der Waals surface area (Å²) in [6, 6.07) is 10.8. The fraction of sp³-hybridized carbons (Fsp3) is 0.450. The molecule has 134 valence electrons. The Hall–Kier alpha value is -2.11. The molecule has 1 aliphatic heterocycles. The molecule has 0 radical (unpaired) electrons. The Morgan fingerprint density at radius 3 is 2.76 bits per heavy atom. The molecule has 1 atom stereocenters. The first kappa shape index (κ1) is 17.7. The van der Waals surface area contributed by atoms with Crippen LogP contribution in [-0.4, -0.2) is 42.7 Å². The van der Waals surface area contributed by atoms with Gasteiger partial charge in [-0.05, 0) is 43.2 Å². The second-order valence-corrected chi connectivity index (χ2v) is 6.12. The molecule has 1 unspecified atom stereocenters. The number of rotatable bonds is 7. The van der Waals surface area contributed by atoms with Crippen LogP contribution in [0.4, 0.5) is 0 Å². The number of benzene rings is 1. The van der Waals surface area contributed by atoms with Crippen LogP contribution in [0.25, 0.3) is 0 Å². The summed E-state index contributed by atoms with van der Waals surface area (Å²) in [7, 11) is 0. The number of hydrogen-bond acceptors (Lipinski definition) is 5. The van der Waals surface area contributed by atoms with Gasteiger partial charge in [-0.15, -0.1) is 0 Å². The minimum atomic E-state index is 0.338. The smallest absolute Gasteiger partial charge is 0.161 e. The van der Waals surface area contributed by atoms with E-state index in [0.29, 0.717) is 19.3 Å². The predicted molar refractivity (Wildman–Crippen MR) is 99.0 cm³/mol. The summed E-state index contributed by atoms with van der Waals surface area (Å²) in [6.07, 6.45) is 3.79. The first-order valence-corrected chi connectivity index (χ1v) is 9.05. The molecular weight excluding hydrogens is 314 g/mol. The van der Waals surface area contributed by atoms with Crippen molar-refractivity contribution < 1.29 is 9.47 Å². The van der Waals surface area contributed by atoms with Crippen LogP contribution in [-0.2, 0) is 6.54 Å². The van der Waals surface area contributed by atoms with Crippen LogP contribution in [0.3, 0.4) is 0 Å². The second-order valence-electron chi connectivity index (χ2n) is 6.12. The minimum absolute atomic E-state index is 0.338. The van der Waals surface area contributed by atoms with Crippen LogP contribution >= 0.6 is 0 Å². The molecule has 1 fully saturated rings. The van der Waals surface area contributed by atoms with E-state index in [9.17, 15) is 0 Å². The van der Waals surface area contributed by atoms with Gasteiger partial charge >= 0.3 is 0 Å². The molecule has 0 aliphatic carbocycles. The van der Waals surface area contributed by atoms with Crippen molar-refractivity contribution >= 4 is 0 Å². The first-order chi connectivity index (χ1) is 12.3. The maximum absolute atomic E-state index is 5.76. The third kappa shape index (κ3) is 4.50. The van der Waals surface area contributed by atoms with Gasteiger partial charge in [-0.3, -0.25) is 9.88 Å². The van der Waals surface area contributed by atoms with E-state index >= 15 is 0 Å². The molecule has 0 amide bonds. The molecule has 1 saturated heterocycles. The summed E-state index contributed by atoms with van der Waals surface area (Å²) in [5.74, 6) is 1.65. The highest BCUT2D eigenvalue weighted by molar-refractivity contribution is 5.43. The van der Waals surface area contributed by atoms with E-state index in [1.165, 1.54) is 11.1 Å². The molecule has 0 bridgehead atoms. The largest absolute Gasteiger partial charge is 0.490 e. The van der Waals surface area contributed by atoms with E-state index in [0.717, 1.165) is 37.7 Å². The summed E-state index contributed by atoms with van der Waals surface area (Å²) >= 11 is 0. The summed E-state index contributed by atoms with van der Waals surface area (Å²) in [6.45, 7) is 9.10. The van der Waals surface area contributed by atoms with Crippen molar-refractivity contribution in [3.8, 4) is 11.5 Å². The highest BCUT2D eigenvalue weighted by Gasteiger charge is 2.24. The number of aromatic nitrogens is 1. The number of pyridine rings is 1. The van der Waals surface area contributed by atoms with Crippen molar-refractivity contribution in [2.45, 2.75) is 26.4 Å². The van der Waals surface area contributed by atoms with Gasteiger partial charge in [0.05, 0.1) is 13.2 Å². The normalized spacial score (nSPS) is 18.1. The summed E-state index contributed by atoms with van der Waals surface area (Å²) in [5.41, 5.74) is 2.49. The Bertz CT molecular complexity index is 663. The zero-order valence-electron chi connectivity index (χ0n) is 15.1. The number of nitrogens with one attached hydrogen (secondary N) is 1. The zero-order valence-corrected chi connectivity index (χ0v) is 15.1. The minimum Gasteiger partial charge on any atom is -0.490 e. The van der Waals surface area contributed by atoms with Gasteiger partial charge < -0.3 is 14.8 Å². The van der Waals surface area contributed by atoms with Gasteiger partial charge in [-0.1, -0.05) is 12.1 Å². The monoisotopic (exact) mass is 341 g/mol. The van der Waals surface area contributed by atoms with Crippen molar-refractivity contribution in [3.63, 3.8) is 0 Å². The lowest BCUT2D eigenvalue weighted by atomic mass is 10.0. The van der Waals surface area contributed by atoms with Gasteiger partial charge in [0.25, 0.3) is 0 Å². The Labute approximate surface area is 150 Å². The molecule has 5 nitrogen and oxygen atoms in total. The van der Waals surface area contributed by atoms with Gasteiger partial charge in [-0.25, -0.2) is 0 Å². The van der Waals surface area contributed by atoms with Crippen molar-refractivity contribution in [3.05, 3.63) is 53.9 Å². The van der Waals surface area contributed by atoms with Gasteiger partial charge in [-0.2, -0.15) is 0 Å². The molecule has 25 heavy (non-hydrogen) atoms. The molecule has 1 N–H and O–H groups in total. The van der Waals surface area contributed by atoms with Gasteiger partial charge in [0.2, 0.25) is 0 Å². The fourth-order valence-corrected chi connectivity index (χ4v) is 3.27. The quantitative estimate of drug-likeness (QED) is 0.839. The molecule has 0 spiro atoms. The zero-order chi connectivity index (χ0) is 17.5. The summed E-state index contributed by atoms with van der Waals surface area (Å²) < 4.78 is 11.4. The third-order valence-electron chi connectivity index (χ3n) is 4.42. The average Bonchev–Trinajstić information content (AvgIpc) is 2.65. The van der Waals surface area contributed by atoms with E-state index in [-0.39, 0.29) is 0 Å². The Morgan fingerprint density at radius 2 is 2.00 bits per heavy atom. The van der Waals surface area contributed by atoms with E-state index < -0.39 is 0 Å². The standard InChI is InChI=1S/C20H27N3O2/c1-3-24-19-8-7-16(12-20(19)25-4-2)15-23-11-10-22-14-18(23)17-6-5-9-21-13-17/h5-9,12-13,18,22H,3-4,10-11,14-15H2,1-2H3. The fourth-order valence-electron chi connectivity index (χ4n) is 3.27. The first-order valence-electron chi connectivity index (χ1n) is 9.05. The Morgan fingerprint density at radius 1 is 1.16 bits per heavy atom. The third-order valence-corrected chi connectivity index (χ3v) is 4.42. The molecule has 1 aliphatic rings. The molecular formula is C20H27N3O2. The van der Waals surface area contributed by atoms with Gasteiger partial charge in [0.1, 0.15) is 0 Å². The number of hydrogen-bond donors (Lipinski definition) is 1. The van der Waals surface area contributed by atoms with Crippen LogP contribution in [0.2, 0.25) is 0 Å². The summed E-state index contributed by atoms with van der Waals surface area (Å²) in [5, 5.41) is 3.49. The van der Waals surface area contributed by atoms with Crippen LogP contribution in [0.5, 0.6) is 11.5 Å². The van der Waals surface area contributed by atoms with E-state index in [4.69, 9.17) is 9.47 Å². The predicted octanol–water partition coefficient (Wildman–Crippen LogP) is 3.03. The van der Waals surface area contributed by atoms with Crippen molar-refractivity contribution in [2.24, 2.45) is 0 Å².